The Bertz CT molecular complexity index is 744. The van der Waals surface area contributed by atoms with Gasteiger partial charge in [-0.05, 0) is 12.1 Å². The van der Waals surface area contributed by atoms with Gasteiger partial charge >= 0.3 is 0 Å². The van der Waals surface area contributed by atoms with Crippen molar-refractivity contribution < 1.29 is 23.7 Å². The van der Waals surface area contributed by atoms with Gasteiger partial charge in [-0.3, -0.25) is 9.78 Å². The highest BCUT2D eigenvalue weighted by atomic mass is 16.5. The van der Waals surface area contributed by atoms with E-state index in [1.807, 2.05) is 0 Å². The molecule has 2 aromatic rings. The number of hydrogen-bond acceptors (Lipinski definition) is 7. The molecule has 138 valence electrons. The highest BCUT2D eigenvalue weighted by Gasteiger charge is 2.29. The number of nitrogens with zero attached hydrogens (tertiary/aromatic N) is 3. The first-order chi connectivity index (χ1) is 12.7. The number of hydrogen-bond donors (Lipinski definition) is 0. The first-order valence-electron chi connectivity index (χ1n) is 8.18. The van der Waals surface area contributed by atoms with Crippen LogP contribution in [0.25, 0.3) is 0 Å². The zero-order valence-corrected chi connectivity index (χ0v) is 15.0. The Labute approximate surface area is 151 Å². The number of methoxy groups -OCH3 is 3. The monoisotopic (exact) mass is 359 g/mol. The molecule has 1 amide bonds. The predicted molar refractivity (Wildman–Crippen MR) is 93.1 cm³/mol. The summed E-state index contributed by atoms with van der Waals surface area (Å²) in [5.41, 5.74) is 0.472. The zero-order valence-electron chi connectivity index (χ0n) is 15.0. The summed E-state index contributed by atoms with van der Waals surface area (Å²) in [6.45, 7) is 1.08. The quantitative estimate of drug-likeness (QED) is 0.777. The largest absolute Gasteiger partial charge is 0.493 e. The van der Waals surface area contributed by atoms with Crippen LogP contribution in [-0.4, -0.2) is 61.3 Å². The third kappa shape index (κ3) is 3.63. The molecular formula is C18H21N3O5. The van der Waals surface area contributed by atoms with Crippen molar-refractivity contribution in [1.29, 1.82) is 0 Å². The second-order valence-corrected chi connectivity index (χ2v) is 5.74. The summed E-state index contributed by atoms with van der Waals surface area (Å²) < 4.78 is 21.7. The number of benzene rings is 1. The maximum absolute atomic E-state index is 12.9. The third-order valence-electron chi connectivity index (χ3n) is 4.17. The maximum atomic E-state index is 12.9. The first-order valence-corrected chi connectivity index (χ1v) is 8.18. The van der Waals surface area contributed by atoms with E-state index >= 15 is 0 Å². The molecule has 0 N–H and O–H groups in total. The lowest BCUT2D eigenvalue weighted by Gasteiger charge is -2.19. The molecule has 0 spiro atoms. The summed E-state index contributed by atoms with van der Waals surface area (Å²) in [4.78, 5) is 22.7. The molecule has 1 aromatic heterocycles. The summed E-state index contributed by atoms with van der Waals surface area (Å²) in [6.07, 6.45) is 5.33. The van der Waals surface area contributed by atoms with Gasteiger partial charge < -0.3 is 23.8 Å². The van der Waals surface area contributed by atoms with E-state index in [1.54, 1.807) is 35.6 Å². The minimum Gasteiger partial charge on any atom is -0.493 e. The molecule has 1 fully saturated rings. The van der Waals surface area contributed by atoms with E-state index < -0.39 is 0 Å². The van der Waals surface area contributed by atoms with Gasteiger partial charge in [0.15, 0.2) is 11.5 Å². The van der Waals surface area contributed by atoms with E-state index in [0.29, 0.717) is 41.8 Å². The number of aromatic nitrogens is 2. The van der Waals surface area contributed by atoms with E-state index in [2.05, 4.69) is 9.97 Å². The molecule has 0 saturated carbocycles. The van der Waals surface area contributed by atoms with Crippen molar-refractivity contribution in [3.63, 3.8) is 0 Å². The Balaban J connectivity index is 1.73. The van der Waals surface area contributed by atoms with Crippen LogP contribution in [0.2, 0.25) is 0 Å². The third-order valence-corrected chi connectivity index (χ3v) is 4.17. The van der Waals surface area contributed by atoms with Crippen LogP contribution >= 0.6 is 0 Å². The molecule has 8 nitrogen and oxygen atoms in total. The van der Waals surface area contributed by atoms with Crippen LogP contribution in [0, 0.1) is 0 Å². The van der Waals surface area contributed by atoms with Crippen LogP contribution in [0.15, 0.2) is 30.7 Å². The van der Waals surface area contributed by atoms with Crippen LogP contribution in [-0.2, 0) is 0 Å². The maximum Gasteiger partial charge on any atom is 0.254 e. The molecule has 1 unspecified atom stereocenters. The van der Waals surface area contributed by atoms with Crippen LogP contribution in [0.4, 0.5) is 0 Å². The molecule has 0 radical (unpaired) electrons. The Morgan fingerprint density at radius 1 is 1.12 bits per heavy atom. The van der Waals surface area contributed by atoms with E-state index in [1.165, 1.54) is 21.3 Å². The molecule has 0 aliphatic carbocycles. The number of amides is 1. The zero-order chi connectivity index (χ0) is 18.5. The molecule has 1 aliphatic rings. The standard InChI is InChI=1S/C18H21N3O5/c1-23-14-8-12(9-15(24-2)17(14)25-3)18(22)21-7-4-13(11-21)26-16-10-19-5-6-20-16/h5-6,8-10,13H,4,7,11H2,1-3H3. The number of likely N-dealkylation sites (tertiary alicyclic amines) is 1. The van der Waals surface area contributed by atoms with Crippen LogP contribution in [0.3, 0.4) is 0 Å². The fourth-order valence-electron chi connectivity index (χ4n) is 2.91. The highest BCUT2D eigenvalue weighted by Crippen LogP contribution is 2.38. The van der Waals surface area contributed by atoms with E-state index in [-0.39, 0.29) is 12.0 Å². The lowest BCUT2D eigenvalue weighted by atomic mass is 10.1. The van der Waals surface area contributed by atoms with Gasteiger partial charge in [-0.15, -0.1) is 0 Å². The van der Waals surface area contributed by atoms with Gasteiger partial charge in [0, 0.05) is 30.9 Å². The second-order valence-electron chi connectivity index (χ2n) is 5.74. The molecular weight excluding hydrogens is 338 g/mol. The average molecular weight is 359 g/mol. The average Bonchev–Trinajstić information content (AvgIpc) is 3.15. The predicted octanol–water partition coefficient (Wildman–Crippen LogP) is 1.80. The Morgan fingerprint density at radius 2 is 1.85 bits per heavy atom. The fourth-order valence-corrected chi connectivity index (χ4v) is 2.91. The molecule has 3 rings (SSSR count). The molecule has 1 aromatic carbocycles. The second kappa shape index (κ2) is 7.90. The van der Waals surface area contributed by atoms with E-state index in [0.717, 1.165) is 6.42 Å². The Kier molecular flexibility index (Phi) is 5.40. The Hall–Kier alpha value is -3.03. The number of carbonyl (C=O) groups is 1. The molecule has 2 heterocycles. The van der Waals surface area contributed by atoms with E-state index in [4.69, 9.17) is 18.9 Å². The van der Waals surface area contributed by atoms with Crippen molar-refractivity contribution in [1.82, 2.24) is 14.9 Å². The van der Waals surface area contributed by atoms with Gasteiger partial charge in [-0.2, -0.15) is 0 Å². The van der Waals surface area contributed by atoms with Crippen molar-refractivity contribution in [2.75, 3.05) is 34.4 Å². The number of rotatable bonds is 6. The summed E-state index contributed by atoms with van der Waals surface area (Å²) in [6, 6.07) is 3.31. The van der Waals surface area contributed by atoms with Gasteiger partial charge in [-0.25, -0.2) is 4.98 Å². The molecule has 0 bridgehead atoms. The van der Waals surface area contributed by atoms with Crippen LogP contribution < -0.4 is 18.9 Å². The molecule has 1 saturated heterocycles. The SMILES string of the molecule is COc1cc(C(=O)N2CCC(Oc3cnccn3)C2)cc(OC)c1OC. The molecule has 1 aliphatic heterocycles. The summed E-state index contributed by atoms with van der Waals surface area (Å²) in [5.74, 6) is 1.69. The van der Waals surface area contributed by atoms with Gasteiger partial charge in [0.1, 0.15) is 6.10 Å². The lowest BCUT2D eigenvalue weighted by molar-refractivity contribution is 0.0770. The van der Waals surface area contributed by atoms with Crippen molar-refractivity contribution in [2.24, 2.45) is 0 Å². The fraction of sp³-hybridized carbons (Fsp3) is 0.389. The van der Waals surface area contributed by atoms with Crippen molar-refractivity contribution in [3.05, 3.63) is 36.3 Å². The molecule has 26 heavy (non-hydrogen) atoms. The summed E-state index contributed by atoms with van der Waals surface area (Å²) in [7, 11) is 4.56. The van der Waals surface area contributed by atoms with E-state index in [9.17, 15) is 4.79 Å². The lowest BCUT2D eigenvalue weighted by Crippen LogP contribution is -2.31. The van der Waals surface area contributed by atoms with Gasteiger partial charge in [-0.1, -0.05) is 0 Å². The minimum absolute atomic E-state index is 0.113. The van der Waals surface area contributed by atoms with Crippen molar-refractivity contribution >= 4 is 5.91 Å². The van der Waals surface area contributed by atoms with Gasteiger partial charge in [0.05, 0.1) is 34.1 Å². The van der Waals surface area contributed by atoms with Crippen molar-refractivity contribution in [3.8, 4) is 23.1 Å². The van der Waals surface area contributed by atoms with Gasteiger partial charge in [0.25, 0.3) is 5.91 Å². The Morgan fingerprint density at radius 3 is 2.42 bits per heavy atom. The van der Waals surface area contributed by atoms with Crippen molar-refractivity contribution in [2.45, 2.75) is 12.5 Å². The summed E-state index contributed by atoms with van der Waals surface area (Å²) >= 11 is 0. The first kappa shape index (κ1) is 17.8. The minimum atomic E-state index is -0.116. The number of ether oxygens (including phenoxy) is 4. The molecule has 1 atom stereocenters. The summed E-state index contributed by atoms with van der Waals surface area (Å²) in [5, 5.41) is 0. The molecule has 8 heteroatoms. The van der Waals surface area contributed by atoms with Gasteiger partial charge in [0.2, 0.25) is 11.6 Å². The highest BCUT2D eigenvalue weighted by molar-refractivity contribution is 5.95. The topological polar surface area (TPSA) is 83.0 Å². The number of carbonyl (C=O) groups excluding carboxylic acids is 1. The van der Waals surface area contributed by atoms with Crippen LogP contribution in [0.1, 0.15) is 16.8 Å². The normalized spacial score (nSPS) is 16.3. The van der Waals surface area contributed by atoms with Crippen LogP contribution in [0.5, 0.6) is 23.1 Å². The smallest absolute Gasteiger partial charge is 0.254 e.